The molecule has 3 aromatic rings. The number of fused-ring (bicyclic) bond motifs is 2. The second-order valence-electron chi connectivity index (χ2n) is 6.59. The summed E-state index contributed by atoms with van der Waals surface area (Å²) in [4.78, 5) is 22.7. The number of thioether (sulfide) groups is 1. The molecule has 1 unspecified atom stereocenters. The van der Waals surface area contributed by atoms with Gasteiger partial charge in [0.25, 0.3) is 0 Å². The predicted octanol–water partition coefficient (Wildman–Crippen LogP) is 4.34. The average Bonchev–Trinajstić information content (AvgIpc) is 3.10. The standard InChI is InChI=1S/C20H22N4OS.ClH/c1-13(20-22-16-8-2-3-9-17(16)23-20)26-12-19(25)24-11-5-6-14-15(21)7-4-10-18(14)24;/h2-4,7-10,13H,5-6,11-12,21H2,1H3,(H,22,23);1H. The molecule has 0 bridgehead atoms. The smallest absolute Gasteiger partial charge is 0.237 e. The molecule has 3 N–H and O–H groups in total. The molecular formula is C20H23ClN4OS. The quantitative estimate of drug-likeness (QED) is 0.636. The third kappa shape index (κ3) is 3.92. The average molecular weight is 403 g/mol. The van der Waals surface area contributed by atoms with E-state index < -0.39 is 0 Å². The molecule has 1 amide bonds. The molecule has 27 heavy (non-hydrogen) atoms. The Morgan fingerprint density at radius 3 is 2.93 bits per heavy atom. The zero-order chi connectivity index (χ0) is 18.1. The first-order valence-electron chi connectivity index (χ1n) is 8.87. The lowest BCUT2D eigenvalue weighted by Crippen LogP contribution is -2.37. The highest BCUT2D eigenvalue weighted by Crippen LogP contribution is 2.33. The number of halogens is 1. The molecule has 2 heterocycles. The fourth-order valence-corrected chi connectivity index (χ4v) is 4.25. The van der Waals surface area contributed by atoms with Gasteiger partial charge in [0.05, 0.1) is 22.0 Å². The summed E-state index contributed by atoms with van der Waals surface area (Å²) in [5.74, 6) is 1.46. The van der Waals surface area contributed by atoms with Gasteiger partial charge in [-0.05, 0) is 49.6 Å². The van der Waals surface area contributed by atoms with Crippen molar-refractivity contribution in [2.75, 3.05) is 22.9 Å². The van der Waals surface area contributed by atoms with Gasteiger partial charge >= 0.3 is 0 Å². The lowest BCUT2D eigenvalue weighted by Gasteiger charge is -2.30. The largest absolute Gasteiger partial charge is 0.398 e. The molecule has 7 heteroatoms. The van der Waals surface area contributed by atoms with Crippen LogP contribution in [0.15, 0.2) is 42.5 Å². The van der Waals surface area contributed by atoms with Crippen molar-refractivity contribution in [3.63, 3.8) is 0 Å². The number of H-pyrrole nitrogens is 1. The number of anilines is 2. The maximum Gasteiger partial charge on any atom is 0.237 e. The number of carbonyl (C=O) groups is 1. The van der Waals surface area contributed by atoms with E-state index in [1.807, 2.05) is 47.4 Å². The molecular weight excluding hydrogens is 380 g/mol. The van der Waals surface area contributed by atoms with E-state index in [1.165, 1.54) is 0 Å². The zero-order valence-electron chi connectivity index (χ0n) is 15.1. The van der Waals surface area contributed by atoms with E-state index >= 15 is 0 Å². The highest BCUT2D eigenvalue weighted by molar-refractivity contribution is 8.00. The molecule has 4 rings (SSSR count). The fourth-order valence-electron chi connectivity index (χ4n) is 3.43. The number of imidazole rings is 1. The number of aromatic amines is 1. The predicted molar refractivity (Wildman–Crippen MR) is 116 cm³/mol. The number of nitrogens with zero attached hydrogens (tertiary/aromatic N) is 2. The number of nitrogens with two attached hydrogens (primary N) is 1. The molecule has 142 valence electrons. The van der Waals surface area contributed by atoms with Gasteiger partial charge in [0.1, 0.15) is 5.82 Å². The van der Waals surface area contributed by atoms with Crippen LogP contribution in [0.25, 0.3) is 11.0 Å². The van der Waals surface area contributed by atoms with Crippen molar-refractivity contribution in [2.24, 2.45) is 0 Å². The Balaban J connectivity index is 0.00000210. The molecule has 2 aromatic carbocycles. The summed E-state index contributed by atoms with van der Waals surface area (Å²) in [6.45, 7) is 2.84. The van der Waals surface area contributed by atoms with Gasteiger partial charge in [0.2, 0.25) is 5.91 Å². The molecule has 1 aliphatic rings. The monoisotopic (exact) mass is 402 g/mol. The van der Waals surface area contributed by atoms with Crippen LogP contribution >= 0.6 is 24.2 Å². The first kappa shape index (κ1) is 19.6. The van der Waals surface area contributed by atoms with Crippen molar-refractivity contribution in [2.45, 2.75) is 25.0 Å². The Bertz CT molecular complexity index is 925. The minimum atomic E-state index is 0. The van der Waals surface area contributed by atoms with Gasteiger partial charge in [-0.15, -0.1) is 24.2 Å². The Kier molecular flexibility index (Phi) is 5.97. The number of aromatic nitrogens is 2. The maximum atomic E-state index is 12.8. The van der Waals surface area contributed by atoms with Crippen LogP contribution in [0.5, 0.6) is 0 Å². The first-order valence-corrected chi connectivity index (χ1v) is 9.92. The molecule has 0 spiro atoms. The van der Waals surface area contributed by atoms with Crippen LogP contribution in [0.2, 0.25) is 0 Å². The third-order valence-electron chi connectivity index (χ3n) is 4.84. The van der Waals surface area contributed by atoms with Crippen molar-refractivity contribution < 1.29 is 4.79 Å². The Morgan fingerprint density at radius 2 is 2.11 bits per heavy atom. The minimum absolute atomic E-state index is 0. The summed E-state index contributed by atoms with van der Waals surface area (Å²) < 4.78 is 0. The Hall–Kier alpha value is -2.18. The fraction of sp³-hybridized carbons (Fsp3) is 0.300. The van der Waals surface area contributed by atoms with Gasteiger partial charge < -0.3 is 15.6 Å². The van der Waals surface area contributed by atoms with Crippen LogP contribution in [-0.4, -0.2) is 28.2 Å². The second kappa shape index (κ2) is 8.23. The summed E-state index contributed by atoms with van der Waals surface area (Å²) in [6.07, 6.45) is 1.89. The number of benzene rings is 2. The summed E-state index contributed by atoms with van der Waals surface area (Å²) in [6, 6.07) is 13.8. The van der Waals surface area contributed by atoms with Gasteiger partial charge in [0, 0.05) is 17.9 Å². The Labute approximate surface area is 169 Å². The van der Waals surface area contributed by atoms with E-state index in [0.29, 0.717) is 5.75 Å². The highest BCUT2D eigenvalue weighted by atomic mass is 35.5. The molecule has 5 nitrogen and oxygen atoms in total. The number of hydrogen-bond donors (Lipinski definition) is 2. The highest BCUT2D eigenvalue weighted by Gasteiger charge is 2.24. The van der Waals surface area contributed by atoms with Gasteiger partial charge in [-0.25, -0.2) is 4.98 Å². The van der Waals surface area contributed by atoms with E-state index in [2.05, 4.69) is 16.9 Å². The number of rotatable bonds is 4. The zero-order valence-corrected chi connectivity index (χ0v) is 16.8. The van der Waals surface area contributed by atoms with E-state index in [1.54, 1.807) is 11.8 Å². The first-order chi connectivity index (χ1) is 12.6. The number of nitrogen functional groups attached to an aromatic ring is 1. The molecule has 0 saturated heterocycles. The second-order valence-corrected chi connectivity index (χ2v) is 7.92. The minimum Gasteiger partial charge on any atom is -0.398 e. The van der Waals surface area contributed by atoms with E-state index in [9.17, 15) is 4.79 Å². The van der Waals surface area contributed by atoms with Gasteiger partial charge in [-0.1, -0.05) is 18.2 Å². The van der Waals surface area contributed by atoms with Crippen molar-refractivity contribution in [1.82, 2.24) is 9.97 Å². The van der Waals surface area contributed by atoms with Crippen LogP contribution in [0.3, 0.4) is 0 Å². The molecule has 0 fully saturated rings. The summed E-state index contributed by atoms with van der Waals surface area (Å²) in [7, 11) is 0. The molecule has 0 aliphatic carbocycles. The van der Waals surface area contributed by atoms with Crippen molar-refractivity contribution >= 4 is 52.5 Å². The van der Waals surface area contributed by atoms with Crippen LogP contribution in [0.4, 0.5) is 11.4 Å². The van der Waals surface area contributed by atoms with Crippen LogP contribution in [-0.2, 0) is 11.2 Å². The molecule has 0 saturated carbocycles. The van der Waals surface area contributed by atoms with Crippen LogP contribution in [0.1, 0.15) is 30.0 Å². The summed E-state index contributed by atoms with van der Waals surface area (Å²) >= 11 is 1.61. The molecule has 0 radical (unpaired) electrons. The van der Waals surface area contributed by atoms with Gasteiger partial charge in [0.15, 0.2) is 0 Å². The van der Waals surface area contributed by atoms with Crippen molar-refractivity contribution in [3.8, 4) is 0 Å². The number of amides is 1. The van der Waals surface area contributed by atoms with E-state index in [-0.39, 0.29) is 23.6 Å². The van der Waals surface area contributed by atoms with Crippen molar-refractivity contribution in [3.05, 3.63) is 53.9 Å². The van der Waals surface area contributed by atoms with E-state index in [4.69, 9.17) is 5.73 Å². The molecule has 1 aliphatic heterocycles. The third-order valence-corrected chi connectivity index (χ3v) is 5.97. The lowest BCUT2D eigenvalue weighted by molar-refractivity contribution is -0.116. The van der Waals surface area contributed by atoms with Crippen LogP contribution in [0, 0.1) is 0 Å². The van der Waals surface area contributed by atoms with Crippen molar-refractivity contribution in [1.29, 1.82) is 0 Å². The maximum absolute atomic E-state index is 12.8. The van der Waals surface area contributed by atoms with Crippen LogP contribution < -0.4 is 10.6 Å². The normalized spacial score (nSPS) is 14.5. The summed E-state index contributed by atoms with van der Waals surface area (Å²) in [5, 5.41) is 0.122. The SMILES string of the molecule is CC(SCC(=O)N1CCCc2c(N)cccc21)c1nc2ccccc2[nH]1.Cl. The Morgan fingerprint density at radius 1 is 1.30 bits per heavy atom. The van der Waals surface area contributed by atoms with Gasteiger partial charge in [-0.2, -0.15) is 0 Å². The number of hydrogen-bond acceptors (Lipinski definition) is 4. The number of para-hydroxylation sites is 2. The summed E-state index contributed by atoms with van der Waals surface area (Å²) in [5.41, 5.74) is 10.9. The molecule has 1 aromatic heterocycles. The van der Waals surface area contributed by atoms with Gasteiger partial charge in [-0.3, -0.25) is 4.79 Å². The van der Waals surface area contributed by atoms with E-state index in [0.717, 1.165) is 53.2 Å². The topological polar surface area (TPSA) is 75.0 Å². The molecule has 1 atom stereocenters. The number of carbonyl (C=O) groups excluding carboxylic acids is 1. The number of nitrogens with one attached hydrogen (secondary N) is 1. The lowest BCUT2D eigenvalue weighted by atomic mass is 10.00.